The van der Waals surface area contributed by atoms with Gasteiger partial charge < -0.3 is 15.2 Å². The number of nitrogens with two attached hydrogens (primary N) is 1. The molecule has 0 bridgehead atoms. The molecule has 3 N–H and O–H groups in total. The van der Waals surface area contributed by atoms with Gasteiger partial charge >= 0.3 is 5.82 Å². The fourth-order valence-electron chi connectivity index (χ4n) is 0.765. The van der Waals surface area contributed by atoms with E-state index in [1.54, 1.807) is 13.0 Å². The molecule has 0 aromatic carbocycles. The van der Waals surface area contributed by atoms with Gasteiger partial charge in [-0.25, -0.2) is 0 Å². The summed E-state index contributed by atoms with van der Waals surface area (Å²) in [6.45, 7) is 3.56. The van der Waals surface area contributed by atoms with Gasteiger partial charge in [0.05, 0.1) is 0 Å². The van der Waals surface area contributed by atoms with Crippen LogP contribution < -0.4 is 5.73 Å². The molecule has 84 valence electrons. The number of allylic oxidation sites excluding steroid dienone is 2. The first-order valence-electron chi connectivity index (χ1n) is 4.51. The number of nitro groups is 1. The molecule has 1 unspecified atom stereocenters. The fraction of sp³-hybridized carbons (Fsp3) is 0.444. The molecule has 15 heavy (non-hydrogen) atoms. The monoisotopic (exact) mass is 213 g/mol. The Hall–Kier alpha value is -1.85. The van der Waals surface area contributed by atoms with E-state index in [1.165, 1.54) is 6.21 Å². The summed E-state index contributed by atoms with van der Waals surface area (Å²) in [6.07, 6.45) is 4.62. The maximum atomic E-state index is 10.1. The standard InChI is InChI=1S/C9H15N3O3/c1-3-4-8(13)7(2)11-6-5-9(10)12(14)15/h4-7,13H,3,10H2,1-2H3/b8-4+,9-5?,11-6?. The Kier molecular flexibility index (Phi) is 5.77. The van der Waals surface area contributed by atoms with Crippen molar-refractivity contribution in [1.82, 2.24) is 0 Å². The molecule has 0 heterocycles. The van der Waals surface area contributed by atoms with Crippen molar-refractivity contribution in [3.05, 3.63) is 33.8 Å². The third-order valence-corrected chi connectivity index (χ3v) is 1.61. The molecule has 6 nitrogen and oxygen atoms in total. The second-order valence-corrected chi connectivity index (χ2v) is 2.86. The van der Waals surface area contributed by atoms with Gasteiger partial charge in [0.25, 0.3) is 0 Å². The van der Waals surface area contributed by atoms with E-state index >= 15 is 0 Å². The van der Waals surface area contributed by atoms with Gasteiger partial charge in [-0.1, -0.05) is 6.92 Å². The summed E-state index contributed by atoms with van der Waals surface area (Å²) in [7, 11) is 0. The molecule has 0 aromatic heterocycles. The Morgan fingerprint density at radius 2 is 2.33 bits per heavy atom. The first kappa shape index (κ1) is 13.2. The maximum Gasteiger partial charge on any atom is 0.315 e. The number of nitrogens with zero attached hydrogens (tertiary/aromatic N) is 2. The van der Waals surface area contributed by atoms with E-state index in [-0.39, 0.29) is 5.76 Å². The fourth-order valence-corrected chi connectivity index (χ4v) is 0.765. The molecule has 0 amide bonds. The average molecular weight is 213 g/mol. The van der Waals surface area contributed by atoms with Crippen LogP contribution in [0.25, 0.3) is 0 Å². The van der Waals surface area contributed by atoms with Crippen molar-refractivity contribution >= 4 is 6.21 Å². The van der Waals surface area contributed by atoms with Crippen molar-refractivity contribution in [1.29, 1.82) is 0 Å². The lowest BCUT2D eigenvalue weighted by atomic mass is 10.2. The number of aliphatic hydroxyl groups excluding tert-OH is 1. The minimum atomic E-state index is -0.710. The van der Waals surface area contributed by atoms with Gasteiger partial charge in [-0.3, -0.25) is 10.7 Å². The predicted octanol–water partition coefficient (Wildman–Crippen LogP) is 1.37. The van der Waals surface area contributed by atoms with Gasteiger partial charge in [-0.2, -0.15) is 0 Å². The van der Waals surface area contributed by atoms with Crippen LogP contribution in [0.4, 0.5) is 0 Å². The SMILES string of the molecule is CC/C=C(/O)C(C)N=CC=C(N)[N+](=O)[O-]. The van der Waals surface area contributed by atoms with E-state index in [0.717, 1.165) is 6.08 Å². The first-order valence-corrected chi connectivity index (χ1v) is 4.51. The van der Waals surface area contributed by atoms with Crippen LogP contribution in [0, 0.1) is 10.1 Å². The average Bonchev–Trinajstić information content (AvgIpc) is 2.17. The van der Waals surface area contributed by atoms with Crippen molar-refractivity contribution in [2.24, 2.45) is 10.7 Å². The molecular formula is C9H15N3O3. The van der Waals surface area contributed by atoms with E-state index in [9.17, 15) is 15.2 Å². The largest absolute Gasteiger partial charge is 0.510 e. The van der Waals surface area contributed by atoms with Crippen LogP contribution in [-0.4, -0.2) is 22.3 Å². The molecule has 0 saturated carbocycles. The zero-order chi connectivity index (χ0) is 11.8. The quantitative estimate of drug-likeness (QED) is 0.311. The van der Waals surface area contributed by atoms with Crippen LogP contribution in [0.1, 0.15) is 20.3 Å². The van der Waals surface area contributed by atoms with Crippen molar-refractivity contribution in [3.8, 4) is 0 Å². The highest BCUT2D eigenvalue weighted by molar-refractivity contribution is 5.71. The molecule has 0 aromatic rings. The molecular weight excluding hydrogens is 198 g/mol. The summed E-state index contributed by atoms with van der Waals surface area (Å²) in [5.41, 5.74) is 5.03. The van der Waals surface area contributed by atoms with E-state index in [2.05, 4.69) is 4.99 Å². The highest BCUT2D eigenvalue weighted by atomic mass is 16.6. The highest BCUT2D eigenvalue weighted by Gasteiger charge is 2.02. The Bertz CT molecular complexity index is 308. The second kappa shape index (κ2) is 6.58. The number of rotatable bonds is 5. The highest BCUT2D eigenvalue weighted by Crippen LogP contribution is 2.02. The van der Waals surface area contributed by atoms with Gasteiger partial charge in [0.1, 0.15) is 11.8 Å². The summed E-state index contributed by atoms with van der Waals surface area (Å²) < 4.78 is 0. The summed E-state index contributed by atoms with van der Waals surface area (Å²) in [4.78, 5) is 13.3. The lowest BCUT2D eigenvalue weighted by Gasteiger charge is -2.03. The number of aliphatic hydroxyl groups is 1. The summed E-state index contributed by atoms with van der Waals surface area (Å²) >= 11 is 0. The topological polar surface area (TPSA) is 102 Å². The van der Waals surface area contributed by atoms with Crippen LogP contribution in [-0.2, 0) is 0 Å². The van der Waals surface area contributed by atoms with E-state index in [4.69, 9.17) is 5.73 Å². The van der Waals surface area contributed by atoms with Crippen molar-refractivity contribution in [2.45, 2.75) is 26.3 Å². The molecule has 0 aliphatic heterocycles. The molecule has 0 aliphatic carbocycles. The van der Waals surface area contributed by atoms with Gasteiger partial charge in [0.2, 0.25) is 0 Å². The van der Waals surface area contributed by atoms with Crippen molar-refractivity contribution in [3.63, 3.8) is 0 Å². The molecule has 0 radical (unpaired) electrons. The van der Waals surface area contributed by atoms with E-state index in [1.807, 2.05) is 6.92 Å². The van der Waals surface area contributed by atoms with Gasteiger partial charge in [0.15, 0.2) is 0 Å². The van der Waals surface area contributed by atoms with E-state index in [0.29, 0.717) is 6.42 Å². The Labute approximate surface area is 88.0 Å². The smallest absolute Gasteiger partial charge is 0.315 e. The zero-order valence-electron chi connectivity index (χ0n) is 8.75. The normalized spacial score (nSPS) is 15.6. The number of hydrogen-bond donors (Lipinski definition) is 2. The van der Waals surface area contributed by atoms with E-state index < -0.39 is 16.8 Å². The van der Waals surface area contributed by atoms with Gasteiger partial charge in [0, 0.05) is 12.3 Å². The Morgan fingerprint density at radius 3 is 2.80 bits per heavy atom. The lowest BCUT2D eigenvalue weighted by Crippen LogP contribution is -2.09. The van der Waals surface area contributed by atoms with Crippen LogP contribution in [0.2, 0.25) is 0 Å². The molecule has 6 heteroatoms. The Balaban J connectivity index is 4.36. The van der Waals surface area contributed by atoms with Crippen LogP contribution >= 0.6 is 0 Å². The van der Waals surface area contributed by atoms with Crippen LogP contribution in [0.15, 0.2) is 28.7 Å². The summed E-state index contributed by atoms with van der Waals surface area (Å²) in [5, 5.41) is 19.5. The third-order valence-electron chi connectivity index (χ3n) is 1.61. The van der Waals surface area contributed by atoms with Crippen molar-refractivity contribution in [2.75, 3.05) is 0 Å². The minimum absolute atomic E-state index is 0.141. The minimum Gasteiger partial charge on any atom is -0.510 e. The zero-order valence-corrected chi connectivity index (χ0v) is 8.75. The molecule has 1 atom stereocenters. The third kappa shape index (κ3) is 5.45. The maximum absolute atomic E-state index is 10.1. The van der Waals surface area contributed by atoms with Crippen LogP contribution in [0.3, 0.4) is 0 Å². The van der Waals surface area contributed by atoms with Gasteiger partial charge in [-0.15, -0.1) is 0 Å². The molecule has 0 spiro atoms. The Morgan fingerprint density at radius 1 is 1.73 bits per heavy atom. The molecule has 0 saturated heterocycles. The van der Waals surface area contributed by atoms with Gasteiger partial charge in [-0.05, 0) is 24.3 Å². The molecule has 0 rings (SSSR count). The molecule has 0 fully saturated rings. The number of hydrogen-bond acceptors (Lipinski definition) is 5. The molecule has 0 aliphatic rings. The number of aliphatic imine (C=N–C) groups is 1. The predicted molar refractivity (Wildman–Crippen MR) is 58.2 cm³/mol. The first-order chi connectivity index (χ1) is 6.99. The van der Waals surface area contributed by atoms with Crippen LogP contribution in [0.5, 0.6) is 0 Å². The summed E-state index contributed by atoms with van der Waals surface area (Å²) in [5.74, 6) is -0.341. The second-order valence-electron chi connectivity index (χ2n) is 2.86. The lowest BCUT2D eigenvalue weighted by molar-refractivity contribution is -0.426. The summed E-state index contributed by atoms with van der Waals surface area (Å²) in [6, 6.07) is -0.416. The van der Waals surface area contributed by atoms with Crippen molar-refractivity contribution < 1.29 is 10.0 Å².